The second-order valence-electron chi connectivity index (χ2n) is 11.5. The van der Waals surface area contributed by atoms with E-state index in [0.717, 1.165) is 90.3 Å². The van der Waals surface area contributed by atoms with Gasteiger partial charge in [0.15, 0.2) is 6.29 Å². The Kier molecular flexibility index (Phi) is 25.1. The SMILES string of the molecule is CC/C=C\CCCCOC(CCC(=O)OCC(C)COC(=O)OCC1CCCN(CCCO)C1)OCCCC/C=C\CC. The number of carbonyl (C=O) groups is 2. The summed E-state index contributed by atoms with van der Waals surface area (Å²) in [7, 11) is 0. The first-order valence-electron chi connectivity index (χ1n) is 16.8. The summed E-state index contributed by atoms with van der Waals surface area (Å²) < 4.78 is 27.9. The lowest BCUT2D eigenvalue weighted by atomic mass is 9.99. The lowest BCUT2D eigenvalue weighted by Gasteiger charge is -2.32. The van der Waals surface area contributed by atoms with Gasteiger partial charge in [-0.3, -0.25) is 4.79 Å². The van der Waals surface area contributed by atoms with Crippen LogP contribution in [0.15, 0.2) is 24.3 Å². The molecule has 1 aliphatic rings. The van der Waals surface area contributed by atoms with E-state index in [1.165, 1.54) is 0 Å². The minimum absolute atomic E-state index is 0.120. The molecule has 1 rings (SSSR count). The molecule has 1 saturated heterocycles. The van der Waals surface area contributed by atoms with E-state index in [1.54, 1.807) is 0 Å². The van der Waals surface area contributed by atoms with E-state index in [4.69, 9.17) is 28.8 Å². The van der Waals surface area contributed by atoms with Crippen LogP contribution in [0.25, 0.3) is 0 Å². The quantitative estimate of drug-likeness (QED) is 0.0488. The standard InChI is InChI=1S/C34H61NO8/c1-4-6-8-10-12-14-24-39-33(40-25-15-13-11-9-7-5-2)20-19-32(37)41-27-30(3)28-42-34(38)43-29-31-18-16-21-35(26-31)22-17-23-36/h6-9,30-31,33,36H,4-5,10-29H2,1-3H3/b8-6-,9-7-. The van der Waals surface area contributed by atoms with Crippen LogP contribution in [0.4, 0.5) is 4.79 Å². The van der Waals surface area contributed by atoms with Crippen LogP contribution in [0, 0.1) is 11.8 Å². The molecule has 0 spiro atoms. The maximum Gasteiger partial charge on any atom is 0.508 e. The van der Waals surface area contributed by atoms with Crippen molar-refractivity contribution in [3.63, 3.8) is 0 Å². The average Bonchev–Trinajstić information content (AvgIpc) is 3.02. The van der Waals surface area contributed by atoms with Gasteiger partial charge in [0.1, 0.15) is 6.61 Å². The Labute approximate surface area is 261 Å². The normalized spacial score (nSPS) is 16.7. The summed E-state index contributed by atoms with van der Waals surface area (Å²) in [6, 6.07) is 0. The summed E-state index contributed by atoms with van der Waals surface area (Å²) in [4.78, 5) is 26.8. The van der Waals surface area contributed by atoms with Gasteiger partial charge >= 0.3 is 12.1 Å². The Morgan fingerprint density at radius 2 is 1.53 bits per heavy atom. The number of piperidine rings is 1. The van der Waals surface area contributed by atoms with Gasteiger partial charge in [-0.25, -0.2) is 4.79 Å². The van der Waals surface area contributed by atoms with Crippen LogP contribution in [0.2, 0.25) is 0 Å². The van der Waals surface area contributed by atoms with Crippen molar-refractivity contribution in [2.24, 2.45) is 11.8 Å². The molecule has 0 radical (unpaired) electrons. The number of hydrogen-bond acceptors (Lipinski definition) is 9. The van der Waals surface area contributed by atoms with Crippen molar-refractivity contribution in [2.75, 3.05) is 59.3 Å². The van der Waals surface area contributed by atoms with Gasteiger partial charge in [-0.15, -0.1) is 0 Å². The molecule has 1 aliphatic heterocycles. The minimum atomic E-state index is -0.689. The highest BCUT2D eigenvalue weighted by molar-refractivity contribution is 5.69. The van der Waals surface area contributed by atoms with Gasteiger partial charge in [-0.2, -0.15) is 0 Å². The van der Waals surface area contributed by atoms with Crippen molar-refractivity contribution in [1.29, 1.82) is 0 Å². The molecule has 1 heterocycles. The molecule has 0 amide bonds. The maximum atomic E-state index is 12.4. The highest BCUT2D eigenvalue weighted by atomic mass is 16.7. The maximum absolute atomic E-state index is 12.4. The highest BCUT2D eigenvalue weighted by Gasteiger charge is 2.21. The van der Waals surface area contributed by atoms with E-state index in [0.29, 0.717) is 26.2 Å². The van der Waals surface area contributed by atoms with Crippen LogP contribution >= 0.6 is 0 Å². The smallest absolute Gasteiger partial charge is 0.465 e. The predicted octanol–water partition coefficient (Wildman–Crippen LogP) is 6.83. The van der Waals surface area contributed by atoms with Crippen molar-refractivity contribution in [3.05, 3.63) is 24.3 Å². The number of rotatable bonds is 26. The largest absolute Gasteiger partial charge is 0.508 e. The lowest BCUT2D eigenvalue weighted by molar-refractivity contribution is -0.160. The second-order valence-corrected chi connectivity index (χ2v) is 11.5. The topological polar surface area (TPSA) is 104 Å². The van der Waals surface area contributed by atoms with Gasteiger partial charge < -0.3 is 33.7 Å². The Morgan fingerprint density at radius 3 is 2.16 bits per heavy atom. The van der Waals surface area contributed by atoms with Gasteiger partial charge in [0.2, 0.25) is 0 Å². The van der Waals surface area contributed by atoms with Crippen molar-refractivity contribution >= 4 is 12.1 Å². The number of hydrogen-bond donors (Lipinski definition) is 1. The molecule has 0 bridgehead atoms. The zero-order chi connectivity index (χ0) is 31.4. The number of esters is 1. The van der Waals surface area contributed by atoms with Crippen molar-refractivity contribution in [1.82, 2.24) is 4.90 Å². The van der Waals surface area contributed by atoms with Gasteiger partial charge in [0, 0.05) is 51.2 Å². The predicted molar refractivity (Wildman–Crippen MR) is 170 cm³/mol. The van der Waals surface area contributed by atoms with Crippen LogP contribution in [0.5, 0.6) is 0 Å². The number of carbonyl (C=O) groups excluding carboxylic acids is 2. The first kappa shape index (κ1) is 39.1. The molecule has 0 aromatic carbocycles. The van der Waals surface area contributed by atoms with Crippen LogP contribution in [-0.2, 0) is 28.5 Å². The second kappa shape index (κ2) is 27.6. The van der Waals surface area contributed by atoms with Crippen molar-refractivity contribution in [2.45, 2.75) is 111 Å². The number of allylic oxidation sites excluding steroid dienone is 4. The van der Waals surface area contributed by atoms with Gasteiger partial charge in [-0.1, -0.05) is 45.1 Å². The minimum Gasteiger partial charge on any atom is -0.465 e. The molecule has 43 heavy (non-hydrogen) atoms. The van der Waals surface area contributed by atoms with E-state index >= 15 is 0 Å². The summed E-state index contributed by atoms with van der Waals surface area (Å²) in [6.07, 6.45) is 19.4. The monoisotopic (exact) mass is 611 g/mol. The fourth-order valence-electron chi connectivity index (χ4n) is 4.76. The molecule has 0 saturated carbocycles. The van der Waals surface area contributed by atoms with E-state index in [9.17, 15) is 9.59 Å². The lowest BCUT2D eigenvalue weighted by Crippen LogP contribution is -2.38. The molecule has 0 aromatic rings. The molecular weight excluding hydrogens is 550 g/mol. The fourth-order valence-corrected chi connectivity index (χ4v) is 4.76. The van der Waals surface area contributed by atoms with Crippen LogP contribution in [0.1, 0.15) is 104 Å². The fraction of sp³-hybridized carbons (Fsp3) is 0.824. The summed E-state index contributed by atoms with van der Waals surface area (Å²) in [5, 5.41) is 9.03. The average molecular weight is 612 g/mol. The first-order chi connectivity index (χ1) is 21.0. The Hall–Kier alpha value is -1.94. The third kappa shape index (κ3) is 23.2. The third-order valence-corrected chi connectivity index (χ3v) is 7.21. The van der Waals surface area contributed by atoms with Gasteiger partial charge in [-0.05, 0) is 77.2 Å². The first-order valence-corrected chi connectivity index (χ1v) is 16.8. The summed E-state index contributed by atoms with van der Waals surface area (Å²) in [5.74, 6) is -0.183. The summed E-state index contributed by atoms with van der Waals surface area (Å²) in [5.41, 5.74) is 0. The number of aliphatic hydroxyl groups excluding tert-OH is 1. The number of aliphatic hydroxyl groups is 1. The van der Waals surface area contributed by atoms with Crippen molar-refractivity contribution < 1.29 is 38.4 Å². The van der Waals surface area contributed by atoms with E-state index in [-0.39, 0.29) is 44.0 Å². The van der Waals surface area contributed by atoms with E-state index < -0.39 is 12.4 Å². The van der Waals surface area contributed by atoms with E-state index in [2.05, 4.69) is 43.1 Å². The zero-order valence-corrected chi connectivity index (χ0v) is 27.3. The summed E-state index contributed by atoms with van der Waals surface area (Å²) >= 11 is 0. The van der Waals surface area contributed by atoms with Crippen LogP contribution in [0.3, 0.4) is 0 Å². The highest BCUT2D eigenvalue weighted by Crippen LogP contribution is 2.17. The molecule has 2 unspecified atom stereocenters. The third-order valence-electron chi connectivity index (χ3n) is 7.21. The molecule has 250 valence electrons. The van der Waals surface area contributed by atoms with Crippen LogP contribution < -0.4 is 0 Å². The molecule has 9 heteroatoms. The molecule has 0 aliphatic carbocycles. The van der Waals surface area contributed by atoms with Gasteiger partial charge in [0.05, 0.1) is 19.6 Å². The number of ether oxygens (including phenoxy) is 5. The number of likely N-dealkylation sites (tertiary alicyclic amines) is 1. The number of nitrogens with zero attached hydrogens (tertiary/aromatic N) is 1. The Bertz CT molecular complexity index is 720. The molecule has 9 nitrogen and oxygen atoms in total. The summed E-state index contributed by atoms with van der Waals surface area (Å²) in [6.45, 7) is 10.9. The number of unbranched alkanes of at least 4 members (excludes halogenated alkanes) is 4. The van der Waals surface area contributed by atoms with Crippen molar-refractivity contribution in [3.8, 4) is 0 Å². The zero-order valence-electron chi connectivity index (χ0n) is 27.3. The Balaban J connectivity index is 2.26. The Morgan fingerprint density at radius 1 is 0.884 bits per heavy atom. The molecule has 1 N–H and O–H groups in total. The molecule has 0 aromatic heterocycles. The molecular formula is C34H61NO8. The molecule has 1 fully saturated rings. The van der Waals surface area contributed by atoms with Gasteiger partial charge in [0.25, 0.3) is 0 Å². The van der Waals surface area contributed by atoms with Crippen LogP contribution in [-0.4, -0.2) is 87.7 Å². The molecule has 2 atom stereocenters. The van der Waals surface area contributed by atoms with E-state index in [1.807, 2.05) is 6.92 Å².